The Bertz CT molecular complexity index is 1190. The van der Waals surface area contributed by atoms with Crippen molar-refractivity contribution in [1.29, 1.82) is 0 Å². The summed E-state index contributed by atoms with van der Waals surface area (Å²) in [5.74, 6) is 0.762. The molecule has 5 rings (SSSR count). The van der Waals surface area contributed by atoms with Crippen LogP contribution in [0.2, 0.25) is 0 Å². The molecule has 1 atom stereocenters. The molecule has 0 bridgehead atoms. The van der Waals surface area contributed by atoms with Gasteiger partial charge in [-0.25, -0.2) is 4.79 Å². The molecule has 6 nitrogen and oxygen atoms in total. The molecular formula is C25H23N5O. The van der Waals surface area contributed by atoms with Crippen molar-refractivity contribution in [1.82, 2.24) is 5.32 Å². The van der Waals surface area contributed by atoms with Crippen LogP contribution in [0.1, 0.15) is 16.7 Å². The van der Waals surface area contributed by atoms with Crippen LogP contribution in [0, 0.1) is 6.92 Å². The third-order valence-corrected chi connectivity index (χ3v) is 5.42. The maximum absolute atomic E-state index is 12.8. The average Bonchev–Trinajstić information content (AvgIpc) is 3.23. The van der Waals surface area contributed by atoms with Crippen LogP contribution in [0.15, 0.2) is 88.8 Å². The molecule has 0 saturated heterocycles. The van der Waals surface area contributed by atoms with Gasteiger partial charge >= 0.3 is 6.03 Å². The average molecular weight is 409 g/mol. The number of anilines is 2. The second kappa shape index (κ2) is 8.07. The van der Waals surface area contributed by atoms with Crippen LogP contribution >= 0.6 is 0 Å². The van der Waals surface area contributed by atoms with Crippen molar-refractivity contribution in [2.24, 2.45) is 9.98 Å². The fourth-order valence-corrected chi connectivity index (χ4v) is 4.05. The molecule has 0 radical (unpaired) electrons. The number of fused-ring (bicyclic) bond motifs is 3. The van der Waals surface area contributed by atoms with Gasteiger partial charge < -0.3 is 15.5 Å². The molecule has 2 aliphatic heterocycles. The normalized spacial score (nSPS) is 17.1. The van der Waals surface area contributed by atoms with Crippen molar-refractivity contribution < 1.29 is 4.79 Å². The Hall–Kier alpha value is -3.93. The van der Waals surface area contributed by atoms with Crippen LogP contribution in [-0.2, 0) is 0 Å². The Labute approximate surface area is 181 Å². The lowest BCUT2D eigenvalue weighted by Crippen LogP contribution is -2.47. The molecule has 0 saturated carbocycles. The third kappa shape index (κ3) is 3.80. The number of carbonyl (C=O) groups is 1. The summed E-state index contributed by atoms with van der Waals surface area (Å²) in [6.07, 6.45) is -0.588. The Balaban J connectivity index is 1.52. The summed E-state index contributed by atoms with van der Waals surface area (Å²) in [4.78, 5) is 24.7. The van der Waals surface area contributed by atoms with Crippen molar-refractivity contribution in [2.75, 3.05) is 23.3 Å². The summed E-state index contributed by atoms with van der Waals surface area (Å²) in [6, 6.07) is 25.7. The number of nitrogens with one attached hydrogen (secondary N) is 2. The number of amidine groups is 1. The van der Waals surface area contributed by atoms with Gasteiger partial charge in [-0.15, -0.1) is 0 Å². The van der Waals surface area contributed by atoms with Crippen molar-refractivity contribution in [2.45, 2.75) is 13.1 Å². The highest BCUT2D eigenvalue weighted by Gasteiger charge is 2.33. The first-order valence-corrected chi connectivity index (χ1v) is 10.4. The Morgan fingerprint density at radius 2 is 1.81 bits per heavy atom. The summed E-state index contributed by atoms with van der Waals surface area (Å²) < 4.78 is 0. The number of nitrogens with zero attached hydrogens (tertiary/aromatic N) is 3. The number of carbonyl (C=O) groups excluding carboxylic acids is 1. The topological polar surface area (TPSA) is 69.1 Å². The van der Waals surface area contributed by atoms with Crippen LogP contribution in [0.4, 0.5) is 16.2 Å². The molecule has 0 aliphatic carbocycles. The SMILES string of the molecule is Cc1cccc(NC(=O)NC2N=C(c3ccccc3)c3ccccc3N3CCN=C23)c1. The van der Waals surface area contributed by atoms with Gasteiger partial charge in [0.1, 0.15) is 5.84 Å². The molecule has 3 aromatic rings. The molecule has 0 aromatic heterocycles. The van der Waals surface area contributed by atoms with Crippen LogP contribution in [0.5, 0.6) is 0 Å². The van der Waals surface area contributed by atoms with E-state index in [1.807, 2.05) is 73.7 Å². The maximum Gasteiger partial charge on any atom is 0.321 e. The van der Waals surface area contributed by atoms with E-state index < -0.39 is 6.17 Å². The number of hydrogen-bond donors (Lipinski definition) is 2. The zero-order valence-electron chi connectivity index (χ0n) is 17.2. The van der Waals surface area contributed by atoms with Gasteiger partial charge in [-0.2, -0.15) is 0 Å². The predicted molar refractivity (Wildman–Crippen MR) is 125 cm³/mol. The van der Waals surface area contributed by atoms with Crippen LogP contribution in [-0.4, -0.2) is 36.8 Å². The highest BCUT2D eigenvalue weighted by atomic mass is 16.2. The van der Waals surface area contributed by atoms with E-state index in [4.69, 9.17) is 9.98 Å². The molecule has 2 aliphatic rings. The van der Waals surface area contributed by atoms with Crippen molar-refractivity contribution in [3.63, 3.8) is 0 Å². The van der Waals surface area contributed by atoms with E-state index in [0.29, 0.717) is 6.54 Å². The van der Waals surface area contributed by atoms with Gasteiger partial charge in [0.25, 0.3) is 0 Å². The Morgan fingerprint density at radius 1 is 1.00 bits per heavy atom. The van der Waals surface area contributed by atoms with E-state index >= 15 is 0 Å². The summed E-state index contributed by atoms with van der Waals surface area (Å²) >= 11 is 0. The van der Waals surface area contributed by atoms with Gasteiger partial charge in [-0.1, -0.05) is 60.7 Å². The molecule has 3 aromatic carbocycles. The number of hydrogen-bond acceptors (Lipinski definition) is 4. The molecule has 2 amide bonds. The molecule has 0 spiro atoms. The van der Waals surface area contributed by atoms with Gasteiger partial charge in [-0.05, 0) is 30.7 Å². The Kier molecular flexibility index (Phi) is 4.96. The quantitative estimate of drug-likeness (QED) is 0.680. The van der Waals surface area contributed by atoms with E-state index in [9.17, 15) is 4.79 Å². The van der Waals surface area contributed by atoms with E-state index in [0.717, 1.165) is 46.2 Å². The van der Waals surface area contributed by atoms with E-state index in [-0.39, 0.29) is 6.03 Å². The standard InChI is InChI=1S/C25H23N5O/c1-17-8-7-11-19(16-17)27-25(31)29-23-24-26-14-15-30(24)21-13-6-5-12-20(21)22(28-23)18-9-3-2-4-10-18/h2-13,16,23H,14-15H2,1H3,(H2,27,29,31). The second-order valence-corrected chi connectivity index (χ2v) is 7.62. The van der Waals surface area contributed by atoms with E-state index in [2.05, 4.69) is 27.7 Å². The summed E-state index contributed by atoms with van der Waals surface area (Å²) in [7, 11) is 0. The summed E-state index contributed by atoms with van der Waals surface area (Å²) in [5, 5.41) is 5.94. The highest BCUT2D eigenvalue weighted by Crippen LogP contribution is 2.30. The molecule has 6 heteroatoms. The fraction of sp³-hybridized carbons (Fsp3) is 0.160. The maximum atomic E-state index is 12.8. The molecule has 154 valence electrons. The second-order valence-electron chi connectivity index (χ2n) is 7.62. The Morgan fingerprint density at radius 3 is 2.65 bits per heavy atom. The van der Waals surface area contributed by atoms with Gasteiger partial charge in [0, 0.05) is 23.4 Å². The highest BCUT2D eigenvalue weighted by molar-refractivity contribution is 6.21. The van der Waals surface area contributed by atoms with Crippen molar-refractivity contribution >= 4 is 29.0 Å². The fourth-order valence-electron chi connectivity index (χ4n) is 4.05. The van der Waals surface area contributed by atoms with Gasteiger partial charge in [-0.3, -0.25) is 9.98 Å². The molecule has 2 heterocycles. The number of urea groups is 1. The number of aryl methyl sites for hydroxylation is 1. The summed E-state index contributed by atoms with van der Waals surface area (Å²) in [6.45, 7) is 3.44. The number of rotatable bonds is 3. The molecule has 1 unspecified atom stereocenters. The van der Waals surface area contributed by atoms with Crippen molar-refractivity contribution in [3.8, 4) is 0 Å². The minimum atomic E-state index is -0.588. The smallest absolute Gasteiger partial charge is 0.321 e. The van der Waals surface area contributed by atoms with Gasteiger partial charge in [0.15, 0.2) is 6.17 Å². The lowest BCUT2D eigenvalue weighted by molar-refractivity contribution is 0.251. The number of benzene rings is 3. The zero-order chi connectivity index (χ0) is 21.2. The summed E-state index contributed by atoms with van der Waals surface area (Å²) in [5.41, 5.74) is 5.76. The van der Waals surface area contributed by atoms with Crippen LogP contribution in [0.25, 0.3) is 0 Å². The van der Waals surface area contributed by atoms with Gasteiger partial charge in [0.2, 0.25) is 0 Å². The first kappa shape index (κ1) is 19.1. The number of aliphatic imine (C=N–C) groups is 2. The molecular weight excluding hydrogens is 386 g/mol. The zero-order valence-corrected chi connectivity index (χ0v) is 17.2. The molecule has 0 fully saturated rings. The first-order valence-electron chi connectivity index (χ1n) is 10.4. The minimum Gasteiger partial charge on any atom is -0.324 e. The lowest BCUT2D eigenvalue weighted by atomic mass is 10.0. The molecule has 31 heavy (non-hydrogen) atoms. The third-order valence-electron chi connectivity index (χ3n) is 5.42. The lowest BCUT2D eigenvalue weighted by Gasteiger charge is -2.23. The predicted octanol–water partition coefficient (Wildman–Crippen LogP) is 4.21. The largest absolute Gasteiger partial charge is 0.324 e. The van der Waals surface area contributed by atoms with Crippen LogP contribution in [0.3, 0.4) is 0 Å². The van der Waals surface area contributed by atoms with E-state index in [1.165, 1.54) is 0 Å². The minimum absolute atomic E-state index is 0.313. The first-order chi connectivity index (χ1) is 15.2. The number of amides is 2. The van der Waals surface area contributed by atoms with Crippen LogP contribution < -0.4 is 15.5 Å². The number of para-hydroxylation sites is 1. The van der Waals surface area contributed by atoms with E-state index in [1.54, 1.807) is 0 Å². The monoisotopic (exact) mass is 409 g/mol. The van der Waals surface area contributed by atoms with Crippen molar-refractivity contribution in [3.05, 3.63) is 95.6 Å². The molecule has 2 N–H and O–H groups in total. The van der Waals surface area contributed by atoms with Gasteiger partial charge in [0.05, 0.1) is 17.9 Å².